The number of rotatable bonds is 5. The van der Waals surface area contributed by atoms with E-state index < -0.39 is 15.9 Å². The molecule has 0 atom stereocenters. The zero-order chi connectivity index (χ0) is 21.0. The van der Waals surface area contributed by atoms with Crippen molar-refractivity contribution < 1.29 is 13.2 Å². The highest BCUT2D eigenvalue weighted by atomic mass is 32.2. The first-order valence-corrected chi connectivity index (χ1v) is 11.4. The molecule has 4 rings (SSSR count). The Morgan fingerprint density at radius 2 is 1.67 bits per heavy atom. The van der Waals surface area contributed by atoms with Gasteiger partial charge in [-0.2, -0.15) is 9.41 Å². The Morgan fingerprint density at radius 1 is 0.933 bits per heavy atom. The molecule has 154 valence electrons. The first-order chi connectivity index (χ1) is 14.6. The van der Waals surface area contributed by atoms with E-state index in [1.54, 1.807) is 18.3 Å². The molecule has 0 aliphatic carbocycles. The van der Waals surface area contributed by atoms with E-state index in [-0.39, 0.29) is 10.5 Å². The number of hydrogen-bond acceptors (Lipinski definition) is 4. The Bertz CT molecular complexity index is 1190. The first-order valence-electron chi connectivity index (χ1n) is 9.97. The van der Waals surface area contributed by atoms with Crippen molar-refractivity contribution in [2.45, 2.75) is 24.2 Å². The fourth-order valence-electron chi connectivity index (χ4n) is 3.64. The summed E-state index contributed by atoms with van der Waals surface area (Å²) in [7, 11) is -3.59. The normalized spacial score (nSPS) is 15.5. The second-order valence-electron chi connectivity index (χ2n) is 7.26. The van der Waals surface area contributed by atoms with Crippen LogP contribution in [0, 0.1) is 0 Å². The topological polar surface area (TPSA) is 78.8 Å². The highest BCUT2D eigenvalue weighted by Gasteiger charge is 2.26. The van der Waals surface area contributed by atoms with Crippen LogP contribution in [0.3, 0.4) is 0 Å². The van der Waals surface area contributed by atoms with Crippen molar-refractivity contribution in [2.24, 2.45) is 5.10 Å². The van der Waals surface area contributed by atoms with Crippen LogP contribution in [0.25, 0.3) is 10.8 Å². The lowest BCUT2D eigenvalue weighted by atomic mass is 10.1. The Labute approximate surface area is 176 Å². The second kappa shape index (κ2) is 8.77. The van der Waals surface area contributed by atoms with Gasteiger partial charge in [-0.15, -0.1) is 0 Å². The molecule has 0 unspecified atom stereocenters. The highest BCUT2D eigenvalue weighted by Crippen LogP contribution is 2.21. The number of piperidine rings is 1. The van der Waals surface area contributed by atoms with Crippen LogP contribution in [0.15, 0.2) is 76.7 Å². The zero-order valence-corrected chi connectivity index (χ0v) is 17.3. The zero-order valence-electron chi connectivity index (χ0n) is 16.5. The molecular weight excluding hydrogens is 398 g/mol. The number of fused-ring (bicyclic) bond motifs is 1. The minimum absolute atomic E-state index is 0.134. The minimum atomic E-state index is -3.59. The third kappa shape index (κ3) is 4.27. The number of amides is 1. The molecule has 1 fully saturated rings. The van der Waals surface area contributed by atoms with Crippen molar-refractivity contribution in [3.63, 3.8) is 0 Å². The smallest absolute Gasteiger partial charge is 0.267 e. The maximum absolute atomic E-state index is 12.9. The van der Waals surface area contributed by atoms with E-state index >= 15 is 0 Å². The van der Waals surface area contributed by atoms with Gasteiger partial charge in [0.1, 0.15) is 0 Å². The SMILES string of the molecule is O=C(N/N=C\c1cccc2ccccc12)c1cccc(S(=O)(=O)N2CCCCC2)c1. The van der Waals surface area contributed by atoms with Gasteiger partial charge in [-0.1, -0.05) is 55.0 Å². The van der Waals surface area contributed by atoms with Crippen molar-refractivity contribution in [3.8, 4) is 0 Å². The van der Waals surface area contributed by atoms with Crippen LogP contribution in [0.2, 0.25) is 0 Å². The quantitative estimate of drug-likeness (QED) is 0.503. The van der Waals surface area contributed by atoms with Crippen LogP contribution in [0.5, 0.6) is 0 Å². The van der Waals surface area contributed by atoms with Gasteiger partial charge in [0.15, 0.2) is 0 Å². The van der Waals surface area contributed by atoms with Gasteiger partial charge in [-0.25, -0.2) is 13.8 Å². The third-order valence-corrected chi connectivity index (χ3v) is 7.14. The molecule has 3 aromatic carbocycles. The molecule has 1 N–H and O–H groups in total. The van der Waals surface area contributed by atoms with Gasteiger partial charge >= 0.3 is 0 Å². The first kappa shape index (κ1) is 20.3. The van der Waals surface area contributed by atoms with E-state index in [1.165, 1.54) is 16.4 Å². The average Bonchev–Trinajstić information content (AvgIpc) is 2.80. The highest BCUT2D eigenvalue weighted by molar-refractivity contribution is 7.89. The lowest BCUT2D eigenvalue weighted by molar-refractivity contribution is 0.0955. The average molecular weight is 422 g/mol. The number of nitrogens with one attached hydrogen (secondary N) is 1. The lowest BCUT2D eigenvalue weighted by Crippen LogP contribution is -2.35. The molecule has 1 saturated heterocycles. The predicted octanol–water partition coefficient (Wildman–Crippen LogP) is 3.78. The van der Waals surface area contributed by atoms with Crippen LogP contribution >= 0.6 is 0 Å². The summed E-state index contributed by atoms with van der Waals surface area (Å²) in [6.07, 6.45) is 4.36. The molecule has 30 heavy (non-hydrogen) atoms. The Morgan fingerprint density at radius 3 is 2.50 bits per heavy atom. The van der Waals surface area contributed by atoms with Gasteiger partial charge in [0, 0.05) is 24.2 Å². The largest absolute Gasteiger partial charge is 0.271 e. The molecule has 0 bridgehead atoms. The molecule has 0 spiro atoms. The van der Waals surface area contributed by atoms with Crippen LogP contribution < -0.4 is 5.43 Å². The molecule has 1 aliphatic heterocycles. The molecule has 3 aromatic rings. The summed E-state index contributed by atoms with van der Waals surface area (Å²) in [5.41, 5.74) is 3.63. The monoisotopic (exact) mass is 421 g/mol. The van der Waals surface area contributed by atoms with E-state index in [1.807, 2.05) is 42.5 Å². The number of nitrogens with zero attached hydrogens (tertiary/aromatic N) is 2. The van der Waals surface area contributed by atoms with Gasteiger partial charge in [0.25, 0.3) is 5.91 Å². The Hall–Kier alpha value is -3.03. The maximum Gasteiger partial charge on any atom is 0.271 e. The molecule has 1 amide bonds. The van der Waals surface area contributed by atoms with Crippen molar-refractivity contribution in [1.29, 1.82) is 0 Å². The van der Waals surface area contributed by atoms with E-state index in [9.17, 15) is 13.2 Å². The van der Waals surface area contributed by atoms with Crippen LogP contribution in [-0.4, -0.2) is 37.9 Å². The summed E-state index contributed by atoms with van der Waals surface area (Å²) in [5.74, 6) is -0.456. The second-order valence-corrected chi connectivity index (χ2v) is 9.20. The summed E-state index contributed by atoms with van der Waals surface area (Å²) in [6.45, 7) is 1.04. The molecule has 0 aromatic heterocycles. The number of sulfonamides is 1. The van der Waals surface area contributed by atoms with Crippen molar-refractivity contribution in [2.75, 3.05) is 13.1 Å². The Kier molecular flexibility index (Phi) is 5.92. The number of hydrazone groups is 1. The van der Waals surface area contributed by atoms with Gasteiger partial charge in [-0.05, 0) is 41.8 Å². The molecule has 1 aliphatic rings. The number of benzene rings is 3. The van der Waals surface area contributed by atoms with Gasteiger partial charge < -0.3 is 0 Å². The number of hydrogen-bond donors (Lipinski definition) is 1. The molecule has 0 saturated carbocycles. The summed E-state index contributed by atoms with van der Waals surface area (Å²) >= 11 is 0. The fourth-order valence-corrected chi connectivity index (χ4v) is 5.20. The molecule has 7 heteroatoms. The maximum atomic E-state index is 12.9. The molecule has 6 nitrogen and oxygen atoms in total. The minimum Gasteiger partial charge on any atom is -0.267 e. The van der Waals surface area contributed by atoms with E-state index in [2.05, 4.69) is 10.5 Å². The molecular formula is C23H23N3O3S. The van der Waals surface area contributed by atoms with E-state index in [0.29, 0.717) is 13.1 Å². The van der Waals surface area contributed by atoms with E-state index in [4.69, 9.17) is 0 Å². The van der Waals surface area contributed by atoms with Gasteiger partial charge in [0.2, 0.25) is 10.0 Å². The summed E-state index contributed by atoms with van der Waals surface area (Å²) in [4.78, 5) is 12.7. The molecule has 0 radical (unpaired) electrons. The van der Waals surface area contributed by atoms with Crippen molar-refractivity contribution in [1.82, 2.24) is 9.73 Å². The van der Waals surface area contributed by atoms with Crippen molar-refractivity contribution in [3.05, 3.63) is 77.9 Å². The summed E-state index contributed by atoms with van der Waals surface area (Å²) in [6, 6.07) is 19.9. The Balaban J connectivity index is 1.50. The fraction of sp³-hybridized carbons (Fsp3) is 0.217. The van der Waals surface area contributed by atoms with Gasteiger partial charge in [-0.3, -0.25) is 4.79 Å². The van der Waals surface area contributed by atoms with Crippen LogP contribution in [-0.2, 0) is 10.0 Å². The van der Waals surface area contributed by atoms with Crippen LogP contribution in [0.1, 0.15) is 35.2 Å². The van der Waals surface area contributed by atoms with Gasteiger partial charge in [0.05, 0.1) is 11.1 Å². The summed E-state index contributed by atoms with van der Waals surface area (Å²) in [5, 5.41) is 6.19. The van der Waals surface area contributed by atoms with E-state index in [0.717, 1.165) is 35.6 Å². The lowest BCUT2D eigenvalue weighted by Gasteiger charge is -2.25. The van der Waals surface area contributed by atoms with Crippen molar-refractivity contribution >= 4 is 32.9 Å². The standard InChI is InChI=1S/C23H23N3O3S/c27-23(25-24-17-20-11-6-9-18-8-2-3-13-22(18)20)19-10-7-12-21(16-19)30(28,29)26-14-4-1-5-15-26/h2-3,6-13,16-17H,1,4-5,14-15H2,(H,25,27)/b24-17-. The third-order valence-electron chi connectivity index (χ3n) is 5.24. The molecule has 1 heterocycles. The predicted molar refractivity (Wildman–Crippen MR) is 118 cm³/mol. The number of carbonyl (C=O) groups is 1. The van der Waals surface area contributed by atoms with Crippen LogP contribution in [0.4, 0.5) is 0 Å². The summed E-state index contributed by atoms with van der Waals surface area (Å²) < 4.78 is 27.2. The number of carbonyl (C=O) groups excluding carboxylic acids is 1.